The molecule has 0 aromatic heterocycles. The van der Waals surface area contributed by atoms with Crippen LogP contribution in [0.25, 0.3) is 0 Å². The van der Waals surface area contributed by atoms with E-state index in [0.717, 1.165) is 19.5 Å². The van der Waals surface area contributed by atoms with Crippen LogP contribution in [0.1, 0.15) is 27.2 Å². The molecule has 3 saturated heterocycles. The van der Waals surface area contributed by atoms with E-state index in [-0.39, 0.29) is 43.2 Å². The molecule has 0 amide bonds. The van der Waals surface area contributed by atoms with Gasteiger partial charge < -0.3 is 23.7 Å². The Bertz CT molecular complexity index is 428. The SMILES string of the molecule is COCO[C@H]1[C@@H]2OC(C)(C)O[C@H]2CN2CC[C@H](OC(C)=O)[C@H]12. The smallest absolute Gasteiger partial charge is 0.302 e. The van der Waals surface area contributed by atoms with Crippen LogP contribution in [0.3, 0.4) is 0 Å². The summed E-state index contributed by atoms with van der Waals surface area (Å²) in [7, 11) is 1.59. The quantitative estimate of drug-likeness (QED) is 0.553. The molecule has 0 radical (unpaired) electrons. The molecule has 0 bridgehead atoms. The zero-order chi connectivity index (χ0) is 15.9. The normalized spacial score (nSPS) is 40.3. The second-order valence-corrected chi connectivity index (χ2v) is 6.60. The third kappa shape index (κ3) is 3.00. The number of carbonyl (C=O) groups is 1. The van der Waals surface area contributed by atoms with Crippen molar-refractivity contribution in [3.05, 3.63) is 0 Å². The van der Waals surface area contributed by atoms with E-state index in [2.05, 4.69) is 4.90 Å². The van der Waals surface area contributed by atoms with Crippen LogP contribution in [0.15, 0.2) is 0 Å². The van der Waals surface area contributed by atoms with E-state index in [1.54, 1.807) is 7.11 Å². The second-order valence-electron chi connectivity index (χ2n) is 6.60. The van der Waals surface area contributed by atoms with Gasteiger partial charge in [-0.2, -0.15) is 0 Å². The Balaban J connectivity index is 1.81. The summed E-state index contributed by atoms with van der Waals surface area (Å²) in [5.74, 6) is -0.885. The predicted molar refractivity (Wildman–Crippen MR) is 76.1 cm³/mol. The average molecular weight is 315 g/mol. The Hall–Kier alpha value is -0.730. The van der Waals surface area contributed by atoms with Crippen molar-refractivity contribution in [1.82, 2.24) is 4.90 Å². The van der Waals surface area contributed by atoms with Gasteiger partial charge in [-0.25, -0.2) is 0 Å². The molecule has 5 atom stereocenters. The fraction of sp³-hybridized carbons (Fsp3) is 0.933. The third-order valence-corrected chi connectivity index (χ3v) is 4.50. The van der Waals surface area contributed by atoms with Gasteiger partial charge in [0, 0.05) is 27.1 Å². The lowest BCUT2D eigenvalue weighted by molar-refractivity contribution is -0.189. The predicted octanol–water partition coefficient (Wildman–Crippen LogP) is 0.515. The summed E-state index contributed by atoms with van der Waals surface area (Å²) < 4.78 is 28.5. The summed E-state index contributed by atoms with van der Waals surface area (Å²) in [6.45, 7) is 7.07. The Labute approximate surface area is 130 Å². The molecule has 3 fully saturated rings. The van der Waals surface area contributed by atoms with Gasteiger partial charge in [0.2, 0.25) is 0 Å². The largest absolute Gasteiger partial charge is 0.461 e. The van der Waals surface area contributed by atoms with Gasteiger partial charge in [-0.05, 0) is 20.3 Å². The molecule has 0 N–H and O–H groups in total. The Morgan fingerprint density at radius 1 is 1.36 bits per heavy atom. The second kappa shape index (κ2) is 6.05. The molecule has 0 unspecified atom stereocenters. The van der Waals surface area contributed by atoms with Crippen LogP contribution in [0, 0.1) is 0 Å². The zero-order valence-electron chi connectivity index (χ0n) is 13.6. The summed E-state index contributed by atoms with van der Waals surface area (Å²) in [6.07, 6.45) is 0.173. The van der Waals surface area contributed by atoms with Crippen molar-refractivity contribution in [1.29, 1.82) is 0 Å². The van der Waals surface area contributed by atoms with E-state index in [4.69, 9.17) is 23.7 Å². The van der Waals surface area contributed by atoms with E-state index in [1.165, 1.54) is 6.92 Å². The number of nitrogens with zero attached hydrogens (tertiary/aromatic N) is 1. The van der Waals surface area contributed by atoms with Gasteiger partial charge in [0.1, 0.15) is 31.2 Å². The summed E-state index contributed by atoms with van der Waals surface area (Å²) in [5, 5.41) is 0. The van der Waals surface area contributed by atoms with Gasteiger partial charge in [0.25, 0.3) is 0 Å². The minimum Gasteiger partial charge on any atom is -0.461 e. The highest BCUT2D eigenvalue weighted by atomic mass is 16.8. The molecule has 7 heteroatoms. The molecule has 22 heavy (non-hydrogen) atoms. The Morgan fingerprint density at radius 2 is 2.14 bits per heavy atom. The first-order valence-corrected chi connectivity index (χ1v) is 7.79. The van der Waals surface area contributed by atoms with Crippen molar-refractivity contribution >= 4 is 5.97 Å². The average Bonchev–Trinajstić information content (AvgIpc) is 2.93. The minimum atomic E-state index is -0.624. The number of fused-ring (bicyclic) bond motifs is 2. The van der Waals surface area contributed by atoms with Gasteiger partial charge in [-0.15, -0.1) is 0 Å². The molecule has 7 nitrogen and oxygen atoms in total. The zero-order valence-corrected chi connectivity index (χ0v) is 13.6. The van der Waals surface area contributed by atoms with Crippen molar-refractivity contribution in [2.75, 3.05) is 27.0 Å². The molecule has 0 aromatic rings. The number of rotatable bonds is 4. The van der Waals surface area contributed by atoms with Crippen molar-refractivity contribution in [2.24, 2.45) is 0 Å². The lowest BCUT2D eigenvalue weighted by Gasteiger charge is -2.43. The van der Waals surface area contributed by atoms with Crippen LogP contribution in [0.5, 0.6) is 0 Å². The van der Waals surface area contributed by atoms with Crippen LogP contribution in [-0.2, 0) is 28.5 Å². The lowest BCUT2D eigenvalue weighted by Crippen LogP contribution is -2.61. The van der Waals surface area contributed by atoms with Crippen molar-refractivity contribution in [3.8, 4) is 0 Å². The molecular formula is C15H25NO6. The van der Waals surface area contributed by atoms with Crippen LogP contribution in [-0.4, -0.2) is 74.1 Å². The van der Waals surface area contributed by atoms with Gasteiger partial charge in [0.15, 0.2) is 5.79 Å². The van der Waals surface area contributed by atoms with E-state index in [1.807, 2.05) is 13.8 Å². The number of piperidine rings is 1. The van der Waals surface area contributed by atoms with Gasteiger partial charge in [-0.3, -0.25) is 9.69 Å². The molecule has 0 spiro atoms. The molecule has 0 aliphatic carbocycles. The number of ether oxygens (including phenoxy) is 5. The third-order valence-electron chi connectivity index (χ3n) is 4.50. The number of esters is 1. The van der Waals surface area contributed by atoms with E-state index in [0.29, 0.717) is 0 Å². The van der Waals surface area contributed by atoms with Crippen LogP contribution in [0.4, 0.5) is 0 Å². The van der Waals surface area contributed by atoms with Crippen molar-refractivity contribution in [2.45, 2.75) is 63.4 Å². The van der Waals surface area contributed by atoms with Crippen LogP contribution in [0.2, 0.25) is 0 Å². The first-order chi connectivity index (χ1) is 10.4. The van der Waals surface area contributed by atoms with Crippen LogP contribution >= 0.6 is 0 Å². The lowest BCUT2D eigenvalue weighted by atomic mass is 9.92. The maximum Gasteiger partial charge on any atom is 0.302 e. The minimum absolute atomic E-state index is 0.0159. The number of hydrogen-bond donors (Lipinski definition) is 0. The van der Waals surface area contributed by atoms with Gasteiger partial charge in [0.05, 0.1) is 6.04 Å². The molecule has 126 valence electrons. The molecular weight excluding hydrogens is 290 g/mol. The highest BCUT2D eigenvalue weighted by Crippen LogP contribution is 2.40. The molecule has 3 aliphatic heterocycles. The number of hydrogen-bond acceptors (Lipinski definition) is 7. The van der Waals surface area contributed by atoms with E-state index < -0.39 is 5.79 Å². The van der Waals surface area contributed by atoms with Crippen LogP contribution < -0.4 is 0 Å². The fourth-order valence-corrected chi connectivity index (χ4v) is 3.87. The highest BCUT2D eigenvalue weighted by Gasteiger charge is 2.57. The first-order valence-electron chi connectivity index (χ1n) is 7.79. The summed E-state index contributed by atoms with van der Waals surface area (Å²) >= 11 is 0. The van der Waals surface area contributed by atoms with Gasteiger partial charge in [-0.1, -0.05) is 0 Å². The molecule has 0 saturated carbocycles. The van der Waals surface area contributed by atoms with Gasteiger partial charge >= 0.3 is 5.97 Å². The number of carbonyl (C=O) groups excluding carboxylic acids is 1. The molecule has 3 aliphatic rings. The fourth-order valence-electron chi connectivity index (χ4n) is 3.87. The maximum absolute atomic E-state index is 11.4. The highest BCUT2D eigenvalue weighted by molar-refractivity contribution is 5.66. The van der Waals surface area contributed by atoms with E-state index in [9.17, 15) is 4.79 Å². The molecule has 0 aromatic carbocycles. The Kier molecular flexibility index (Phi) is 4.44. The topological polar surface area (TPSA) is 66.5 Å². The van der Waals surface area contributed by atoms with Crippen molar-refractivity contribution < 1.29 is 28.5 Å². The summed E-state index contributed by atoms with van der Waals surface area (Å²) in [4.78, 5) is 13.6. The standard InChI is InChI=1S/C15H25NO6/c1-9(17)20-10-5-6-16-7-11-13(22-15(2,3)21-11)14(12(10)16)19-8-18-4/h10-14H,5-8H2,1-4H3/t10-,11-,12+,13+,14+/m0/s1. The molecule has 3 rings (SSSR count). The molecule has 3 heterocycles. The maximum atomic E-state index is 11.4. The Morgan fingerprint density at radius 3 is 2.82 bits per heavy atom. The van der Waals surface area contributed by atoms with Crippen molar-refractivity contribution in [3.63, 3.8) is 0 Å². The first kappa shape index (κ1) is 16.1. The number of methoxy groups -OCH3 is 1. The summed E-state index contributed by atoms with van der Waals surface area (Å²) in [6, 6.07) is -0.0159. The van der Waals surface area contributed by atoms with E-state index >= 15 is 0 Å². The monoisotopic (exact) mass is 315 g/mol. The summed E-state index contributed by atoms with van der Waals surface area (Å²) in [5.41, 5.74) is 0.